The Morgan fingerprint density at radius 1 is 0.889 bits per heavy atom. The minimum Gasteiger partial charge on any atom is -0.307 e. The zero-order valence-electron chi connectivity index (χ0n) is 13.1. The Labute approximate surface area is 118 Å². The van der Waals surface area contributed by atoms with E-state index in [0.717, 1.165) is 26.2 Å². The molecule has 0 amide bonds. The Morgan fingerprint density at radius 2 is 1.28 bits per heavy atom. The van der Waals surface area contributed by atoms with Crippen LogP contribution in [0.3, 0.4) is 0 Å². The predicted octanol–water partition coefficient (Wildman–Crippen LogP) is 2.55. The first-order valence-electron chi connectivity index (χ1n) is 7.16. The van der Waals surface area contributed by atoms with Crippen LogP contribution in [0.25, 0.3) is 0 Å². The van der Waals surface area contributed by atoms with Gasteiger partial charge in [-0.2, -0.15) is 0 Å². The van der Waals surface area contributed by atoms with Crippen molar-refractivity contribution in [3.8, 4) is 0 Å². The average molecular weight is 288 g/mol. The summed E-state index contributed by atoms with van der Waals surface area (Å²) in [5.41, 5.74) is 0. The molecule has 0 spiro atoms. The standard InChI is InChI=1S/C11H29BN4SSi/c1-8-13(9-2)12(14(10-3)11-4)15-16(17-15)18(5,6)7/h8-11H2,1-7H3. The predicted molar refractivity (Wildman–Crippen MR) is 86.0 cm³/mol. The second-order valence-corrected chi connectivity index (χ2v) is 11.6. The average Bonchev–Trinajstić information content (AvgIpc) is 3.09. The Balaban J connectivity index is 2.94. The van der Waals surface area contributed by atoms with Crippen LogP contribution in [-0.2, 0) is 0 Å². The van der Waals surface area contributed by atoms with Crippen LogP contribution in [0.2, 0.25) is 19.6 Å². The zero-order valence-corrected chi connectivity index (χ0v) is 14.9. The summed E-state index contributed by atoms with van der Waals surface area (Å²) in [6.45, 7) is 20.7. The monoisotopic (exact) mass is 288 g/mol. The molecule has 1 aromatic heterocycles. The summed E-state index contributed by atoms with van der Waals surface area (Å²) in [6, 6.07) is 0. The van der Waals surface area contributed by atoms with Crippen molar-refractivity contribution in [1.82, 2.24) is 17.3 Å². The van der Waals surface area contributed by atoms with Crippen molar-refractivity contribution < 1.29 is 0 Å². The van der Waals surface area contributed by atoms with E-state index in [9.17, 15) is 0 Å². The Bertz CT molecular complexity index is 321. The van der Waals surface area contributed by atoms with Gasteiger partial charge in [-0.05, 0) is 45.8 Å². The van der Waals surface area contributed by atoms with E-state index in [2.05, 4.69) is 64.7 Å². The molecule has 106 valence electrons. The lowest BCUT2D eigenvalue weighted by Crippen LogP contribution is -2.57. The summed E-state index contributed by atoms with van der Waals surface area (Å²) in [4.78, 5) is 5.08. The number of nitrogens with zero attached hydrogens (tertiary/aromatic N) is 4. The normalized spacial score (nSPS) is 12.9. The third-order valence-corrected chi connectivity index (χ3v) is 7.46. The topological polar surface area (TPSA) is 16.3 Å². The van der Waals surface area contributed by atoms with Gasteiger partial charge in [-0.25, -0.2) is 3.98 Å². The van der Waals surface area contributed by atoms with E-state index in [-0.39, 0.29) is 0 Å². The molecule has 7 heteroatoms. The van der Waals surface area contributed by atoms with Gasteiger partial charge in [0, 0.05) is 11.7 Å². The van der Waals surface area contributed by atoms with Crippen LogP contribution in [-0.4, -0.2) is 58.9 Å². The lowest BCUT2D eigenvalue weighted by Gasteiger charge is -2.32. The maximum absolute atomic E-state index is 2.54. The minimum atomic E-state index is -1.22. The molecule has 0 saturated heterocycles. The summed E-state index contributed by atoms with van der Waals surface area (Å²) in [6.07, 6.45) is 0. The van der Waals surface area contributed by atoms with Crippen LogP contribution < -0.4 is 0 Å². The van der Waals surface area contributed by atoms with Crippen LogP contribution in [0.5, 0.6) is 0 Å². The van der Waals surface area contributed by atoms with E-state index in [1.807, 2.05) is 11.7 Å². The molecule has 0 aromatic carbocycles. The maximum Gasteiger partial charge on any atom is 0.469 e. The lowest BCUT2D eigenvalue weighted by atomic mass is 9.88. The van der Waals surface area contributed by atoms with Gasteiger partial charge in [0.1, 0.15) is 0 Å². The van der Waals surface area contributed by atoms with Gasteiger partial charge < -0.3 is 9.62 Å². The highest BCUT2D eigenvalue weighted by molar-refractivity contribution is 7.15. The van der Waals surface area contributed by atoms with Gasteiger partial charge in [-0.1, -0.05) is 27.7 Å². The molecule has 0 bridgehead atoms. The van der Waals surface area contributed by atoms with Crippen LogP contribution in [0, 0.1) is 0 Å². The molecule has 0 aliphatic rings. The highest BCUT2D eigenvalue weighted by Gasteiger charge is 2.39. The fourth-order valence-electron chi connectivity index (χ4n) is 2.23. The van der Waals surface area contributed by atoms with Crippen molar-refractivity contribution >= 4 is 27.1 Å². The fourth-order valence-corrected chi connectivity index (χ4v) is 5.45. The molecule has 18 heavy (non-hydrogen) atoms. The fraction of sp³-hybridized carbons (Fsp3) is 1.00. The number of rotatable bonds is 8. The van der Waals surface area contributed by atoms with Gasteiger partial charge in [-0.3, -0.25) is 3.74 Å². The quantitative estimate of drug-likeness (QED) is 0.684. The zero-order chi connectivity index (χ0) is 13.9. The Morgan fingerprint density at radius 3 is 1.50 bits per heavy atom. The summed E-state index contributed by atoms with van der Waals surface area (Å²) < 4.78 is 5.00. The molecule has 4 nitrogen and oxygen atoms in total. The van der Waals surface area contributed by atoms with Crippen LogP contribution in [0.1, 0.15) is 27.7 Å². The smallest absolute Gasteiger partial charge is 0.307 e. The highest BCUT2D eigenvalue weighted by atomic mass is 32.1. The van der Waals surface area contributed by atoms with Gasteiger partial charge >= 0.3 is 7.12 Å². The summed E-state index contributed by atoms with van der Waals surface area (Å²) >= 11 is 1.91. The van der Waals surface area contributed by atoms with Crippen LogP contribution in [0.15, 0.2) is 0 Å². The van der Waals surface area contributed by atoms with E-state index >= 15 is 0 Å². The van der Waals surface area contributed by atoms with Crippen LogP contribution in [0.4, 0.5) is 0 Å². The molecule has 0 unspecified atom stereocenters. The van der Waals surface area contributed by atoms with Gasteiger partial charge in [0.05, 0.1) is 0 Å². The second-order valence-electron chi connectivity index (χ2n) is 5.62. The van der Waals surface area contributed by atoms with Crippen molar-refractivity contribution in [3.05, 3.63) is 0 Å². The van der Waals surface area contributed by atoms with Crippen LogP contribution >= 0.6 is 11.7 Å². The van der Waals surface area contributed by atoms with Crippen molar-refractivity contribution in [2.45, 2.75) is 47.3 Å². The second kappa shape index (κ2) is 6.45. The first-order valence-corrected chi connectivity index (χ1v) is 11.3. The largest absolute Gasteiger partial charge is 0.469 e. The van der Waals surface area contributed by atoms with E-state index in [1.54, 1.807) is 0 Å². The lowest BCUT2D eigenvalue weighted by molar-refractivity contribution is 0.368. The summed E-state index contributed by atoms with van der Waals surface area (Å²) in [5, 5.41) is 0. The van der Waals surface area contributed by atoms with Gasteiger partial charge in [0.2, 0.25) is 0 Å². The molecule has 1 heterocycles. The summed E-state index contributed by atoms with van der Waals surface area (Å²) in [7, 11) is -0.800. The SMILES string of the molecule is CCN(CC)B(N(CC)CC)n1sn1[Si](C)(C)C. The van der Waals surface area contributed by atoms with E-state index in [0.29, 0.717) is 7.12 Å². The molecule has 1 aromatic rings. The first-order chi connectivity index (χ1) is 8.40. The molecule has 0 N–H and O–H groups in total. The third kappa shape index (κ3) is 3.53. The highest BCUT2D eigenvalue weighted by Crippen LogP contribution is 2.21. The van der Waals surface area contributed by atoms with E-state index in [1.165, 1.54) is 0 Å². The Hall–Kier alpha value is 0.0218. The Kier molecular flexibility index (Phi) is 5.76. The third-order valence-electron chi connectivity index (χ3n) is 3.36. The molecule has 0 radical (unpaired) electrons. The maximum atomic E-state index is 2.54. The molecule has 0 atom stereocenters. The molecule has 0 aliphatic carbocycles. The molecule has 0 fully saturated rings. The van der Waals surface area contributed by atoms with Gasteiger partial charge in [0.25, 0.3) is 0 Å². The number of aromatic nitrogens is 2. The number of hydrogen-bond acceptors (Lipinski definition) is 3. The molecule has 0 saturated carbocycles. The molecule has 0 aliphatic heterocycles. The van der Waals surface area contributed by atoms with Crippen molar-refractivity contribution in [3.63, 3.8) is 0 Å². The van der Waals surface area contributed by atoms with Crippen molar-refractivity contribution in [2.24, 2.45) is 0 Å². The molecular weight excluding hydrogens is 259 g/mol. The van der Waals surface area contributed by atoms with E-state index < -0.39 is 8.24 Å². The minimum absolute atomic E-state index is 0.423. The van der Waals surface area contributed by atoms with Gasteiger partial charge in [-0.15, -0.1) is 0 Å². The first kappa shape index (κ1) is 16.1. The molecule has 1 rings (SSSR count). The van der Waals surface area contributed by atoms with Crippen molar-refractivity contribution in [2.75, 3.05) is 26.2 Å². The molecular formula is C11H29BN4SSi. The summed E-state index contributed by atoms with van der Waals surface area (Å²) in [5.74, 6) is 0. The number of hydrogen-bond donors (Lipinski definition) is 0. The van der Waals surface area contributed by atoms with E-state index in [4.69, 9.17) is 0 Å². The van der Waals surface area contributed by atoms with Gasteiger partial charge in [0.15, 0.2) is 8.24 Å². The van der Waals surface area contributed by atoms with Crippen molar-refractivity contribution in [1.29, 1.82) is 0 Å².